The van der Waals surface area contributed by atoms with E-state index in [2.05, 4.69) is 21.8 Å². The van der Waals surface area contributed by atoms with Crippen LogP contribution in [0.1, 0.15) is 15.9 Å². The van der Waals surface area contributed by atoms with Crippen LogP contribution < -0.4 is 15.4 Å². The number of likely N-dealkylation sites (N-methyl/N-ethyl adjacent to an activating group) is 1. The van der Waals surface area contributed by atoms with E-state index in [0.29, 0.717) is 16.7 Å². The van der Waals surface area contributed by atoms with Gasteiger partial charge in [-0.1, -0.05) is 35.5 Å². The van der Waals surface area contributed by atoms with E-state index in [9.17, 15) is 9.90 Å². The smallest absolute Gasteiger partial charge is 0.250 e. The van der Waals surface area contributed by atoms with Gasteiger partial charge in [-0.15, -0.1) is 0 Å². The fourth-order valence-electron chi connectivity index (χ4n) is 3.36. The molecule has 4 rings (SSSR count). The minimum absolute atomic E-state index is 0.177. The Morgan fingerprint density at radius 2 is 2.00 bits per heavy atom. The van der Waals surface area contributed by atoms with E-state index in [0.717, 1.165) is 36.6 Å². The van der Waals surface area contributed by atoms with Crippen molar-refractivity contribution in [2.75, 3.05) is 38.1 Å². The topological polar surface area (TPSA) is 105 Å². The number of benzene rings is 2. The number of aromatic hydroxyl groups is 1. The summed E-state index contributed by atoms with van der Waals surface area (Å²) in [5.41, 5.74) is 6.43. The Morgan fingerprint density at radius 1 is 1.21 bits per heavy atom. The van der Waals surface area contributed by atoms with Gasteiger partial charge in [-0.3, -0.25) is 4.79 Å². The summed E-state index contributed by atoms with van der Waals surface area (Å²) in [6, 6.07) is 11.9. The molecule has 1 aliphatic rings. The molecule has 0 spiro atoms. The lowest BCUT2D eigenvalue weighted by molar-refractivity contribution is 0.100. The van der Waals surface area contributed by atoms with Crippen molar-refractivity contribution < 1.29 is 14.6 Å². The van der Waals surface area contributed by atoms with Crippen molar-refractivity contribution in [3.05, 3.63) is 64.8 Å². The van der Waals surface area contributed by atoms with Gasteiger partial charge < -0.3 is 25.4 Å². The molecule has 2 aromatic carbocycles. The maximum absolute atomic E-state index is 11.5. The lowest BCUT2D eigenvalue weighted by atomic mass is 10.2. The van der Waals surface area contributed by atoms with Crippen LogP contribution in [0.4, 0.5) is 5.95 Å². The molecule has 1 aromatic heterocycles. The number of rotatable bonds is 7. The maximum Gasteiger partial charge on any atom is 0.250 e. The van der Waals surface area contributed by atoms with Crippen LogP contribution in [0.2, 0.25) is 5.02 Å². The number of nitrogens with two attached hydrogens (primary N) is 1. The molecule has 0 radical (unpaired) electrons. The fourth-order valence-corrected chi connectivity index (χ4v) is 4.57. The standard InChI is InChI=1S/C23H24ClN5O3S/c1-28-7-9-29(10-8-28)23-26-13-20(33-17-5-6-18(21(25)31)19(24)12-17)22(27-23)32-14-15-3-2-4-16(30)11-15/h2-6,11-13,30H,7-10,14H2,1H3,(H2,25,31). The third-order valence-corrected chi connectivity index (χ3v) is 6.52. The van der Waals surface area contributed by atoms with Crippen LogP contribution in [0.15, 0.2) is 58.5 Å². The molecule has 2 heterocycles. The van der Waals surface area contributed by atoms with E-state index in [1.54, 1.807) is 42.6 Å². The van der Waals surface area contributed by atoms with Crippen molar-refractivity contribution in [3.8, 4) is 11.6 Å². The van der Waals surface area contributed by atoms with E-state index < -0.39 is 5.91 Å². The first-order chi connectivity index (χ1) is 15.9. The molecule has 0 aliphatic carbocycles. The van der Waals surface area contributed by atoms with Gasteiger partial charge in [0.1, 0.15) is 12.4 Å². The normalized spacial score (nSPS) is 14.3. The Balaban J connectivity index is 1.60. The van der Waals surface area contributed by atoms with Crippen molar-refractivity contribution in [1.82, 2.24) is 14.9 Å². The number of hydrogen-bond donors (Lipinski definition) is 2. The van der Waals surface area contributed by atoms with Crippen LogP contribution in [0, 0.1) is 0 Å². The molecular formula is C23H24ClN5O3S. The van der Waals surface area contributed by atoms with Gasteiger partial charge in [-0.05, 0) is 42.9 Å². The van der Waals surface area contributed by atoms with Gasteiger partial charge in [0, 0.05) is 31.1 Å². The number of carbonyl (C=O) groups is 1. The van der Waals surface area contributed by atoms with Crippen molar-refractivity contribution in [2.45, 2.75) is 16.4 Å². The summed E-state index contributed by atoms with van der Waals surface area (Å²) in [6.07, 6.45) is 1.74. The average molecular weight is 486 g/mol. The van der Waals surface area contributed by atoms with Crippen LogP contribution in [-0.2, 0) is 6.61 Å². The molecule has 3 aromatic rings. The second kappa shape index (κ2) is 10.3. The highest BCUT2D eigenvalue weighted by atomic mass is 35.5. The van der Waals surface area contributed by atoms with Gasteiger partial charge in [0.15, 0.2) is 0 Å². The van der Waals surface area contributed by atoms with Crippen LogP contribution >= 0.6 is 23.4 Å². The molecule has 10 heteroatoms. The average Bonchev–Trinajstić information content (AvgIpc) is 2.79. The van der Waals surface area contributed by atoms with Crippen molar-refractivity contribution >= 4 is 35.2 Å². The zero-order valence-electron chi connectivity index (χ0n) is 18.1. The third-order valence-electron chi connectivity index (χ3n) is 5.22. The maximum atomic E-state index is 11.5. The number of amides is 1. The summed E-state index contributed by atoms with van der Waals surface area (Å²) in [5.74, 6) is 0.644. The van der Waals surface area contributed by atoms with Gasteiger partial charge in [-0.2, -0.15) is 4.98 Å². The van der Waals surface area contributed by atoms with Crippen molar-refractivity contribution in [1.29, 1.82) is 0 Å². The van der Waals surface area contributed by atoms with Crippen LogP contribution in [-0.4, -0.2) is 59.1 Å². The van der Waals surface area contributed by atoms with Gasteiger partial charge in [0.05, 0.1) is 21.7 Å². The lowest BCUT2D eigenvalue weighted by Crippen LogP contribution is -2.45. The Bertz CT molecular complexity index is 1150. The van der Waals surface area contributed by atoms with Crippen LogP contribution in [0.5, 0.6) is 11.6 Å². The molecule has 8 nitrogen and oxygen atoms in total. The molecule has 1 aliphatic heterocycles. The number of hydrogen-bond acceptors (Lipinski definition) is 8. The summed E-state index contributed by atoms with van der Waals surface area (Å²) in [7, 11) is 2.09. The van der Waals surface area contributed by atoms with Crippen LogP contribution in [0.3, 0.4) is 0 Å². The number of anilines is 1. The number of phenols is 1. The molecule has 1 saturated heterocycles. The Morgan fingerprint density at radius 3 is 2.70 bits per heavy atom. The zero-order chi connectivity index (χ0) is 23.4. The monoisotopic (exact) mass is 485 g/mol. The van der Waals surface area contributed by atoms with Crippen molar-refractivity contribution in [2.24, 2.45) is 5.73 Å². The largest absolute Gasteiger partial charge is 0.508 e. The predicted octanol–water partition coefficient (Wildman–Crippen LogP) is 3.42. The SMILES string of the molecule is CN1CCN(c2ncc(Sc3ccc(C(N)=O)c(Cl)c3)c(OCc3cccc(O)c3)n2)CC1. The molecule has 172 valence electrons. The number of nitrogens with zero attached hydrogens (tertiary/aromatic N) is 4. The first kappa shape index (κ1) is 23.2. The highest BCUT2D eigenvalue weighted by Gasteiger charge is 2.19. The first-order valence-electron chi connectivity index (χ1n) is 10.4. The lowest BCUT2D eigenvalue weighted by Gasteiger charge is -2.32. The van der Waals surface area contributed by atoms with Crippen molar-refractivity contribution in [3.63, 3.8) is 0 Å². The quantitative estimate of drug-likeness (QED) is 0.524. The molecule has 1 fully saturated rings. The molecule has 1 amide bonds. The molecule has 0 unspecified atom stereocenters. The van der Waals surface area contributed by atoms with Gasteiger partial charge in [-0.25, -0.2) is 4.98 Å². The van der Waals surface area contributed by atoms with E-state index in [1.165, 1.54) is 11.8 Å². The molecule has 0 saturated carbocycles. The Kier molecular flexibility index (Phi) is 7.22. The van der Waals surface area contributed by atoms with Crippen LogP contribution in [0.25, 0.3) is 0 Å². The summed E-state index contributed by atoms with van der Waals surface area (Å²) < 4.78 is 6.07. The number of phenolic OH excluding ortho intramolecular Hbond substituents is 1. The number of primary amides is 1. The number of carbonyl (C=O) groups excluding carboxylic acids is 1. The minimum Gasteiger partial charge on any atom is -0.508 e. The van der Waals surface area contributed by atoms with E-state index >= 15 is 0 Å². The first-order valence-corrected chi connectivity index (χ1v) is 11.6. The molecule has 3 N–H and O–H groups in total. The minimum atomic E-state index is -0.577. The summed E-state index contributed by atoms with van der Waals surface area (Å²) in [4.78, 5) is 26.6. The van der Waals surface area contributed by atoms with Gasteiger partial charge in [0.25, 0.3) is 0 Å². The molecule has 0 bridgehead atoms. The van der Waals surface area contributed by atoms with Gasteiger partial charge >= 0.3 is 0 Å². The van der Waals surface area contributed by atoms with Gasteiger partial charge in [0.2, 0.25) is 17.7 Å². The zero-order valence-corrected chi connectivity index (χ0v) is 19.6. The summed E-state index contributed by atoms with van der Waals surface area (Å²) >= 11 is 7.59. The number of aromatic nitrogens is 2. The highest BCUT2D eigenvalue weighted by molar-refractivity contribution is 7.99. The third kappa shape index (κ3) is 5.87. The Hall–Kier alpha value is -3.01. The fraction of sp³-hybridized carbons (Fsp3) is 0.261. The molecular weight excluding hydrogens is 462 g/mol. The second-order valence-corrected chi connectivity index (χ2v) is 9.22. The number of piperazine rings is 1. The number of ether oxygens (including phenoxy) is 1. The summed E-state index contributed by atoms with van der Waals surface area (Å²) in [5, 5.41) is 10.0. The van der Waals surface area contributed by atoms with E-state index in [1.807, 2.05) is 6.07 Å². The second-order valence-electron chi connectivity index (χ2n) is 7.70. The molecule has 33 heavy (non-hydrogen) atoms. The highest BCUT2D eigenvalue weighted by Crippen LogP contribution is 2.36. The Labute approximate surface area is 201 Å². The number of halogens is 1. The summed E-state index contributed by atoms with van der Waals surface area (Å²) in [6.45, 7) is 3.77. The van der Waals surface area contributed by atoms with E-state index in [4.69, 9.17) is 27.1 Å². The molecule has 0 atom stereocenters. The van der Waals surface area contributed by atoms with E-state index in [-0.39, 0.29) is 22.9 Å². The predicted molar refractivity (Wildman–Crippen MR) is 128 cm³/mol.